The molecule has 0 saturated heterocycles. The number of aromatic nitrogens is 5. The van der Waals surface area contributed by atoms with Crippen LogP contribution in [0.5, 0.6) is 0 Å². The Hall–Kier alpha value is -2.74. The summed E-state index contributed by atoms with van der Waals surface area (Å²) in [4.78, 5) is 16.2. The SMILES string of the molecule is Cc1c(C(=O)Nc2ncn(Cc3ccc(F)cc3Cl)n2)cnn1C. The molecule has 0 bridgehead atoms. The Bertz CT molecular complexity index is 903. The van der Waals surface area contributed by atoms with E-state index in [9.17, 15) is 9.18 Å². The summed E-state index contributed by atoms with van der Waals surface area (Å²) in [6, 6.07) is 4.14. The van der Waals surface area contributed by atoms with Crippen molar-refractivity contribution in [3.63, 3.8) is 0 Å². The first-order valence-corrected chi connectivity index (χ1v) is 7.45. The van der Waals surface area contributed by atoms with E-state index in [-0.39, 0.29) is 11.9 Å². The number of rotatable bonds is 4. The van der Waals surface area contributed by atoms with E-state index < -0.39 is 5.82 Å². The quantitative estimate of drug-likeness (QED) is 0.785. The molecular weight excluding hydrogens is 335 g/mol. The van der Waals surface area contributed by atoms with Crippen molar-refractivity contribution in [3.05, 3.63) is 58.4 Å². The zero-order valence-corrected chi connectivity index (χ0v) is 13.8. The van der Waals surface area contributed by atoms with E-state index in [0.717, 1.165) is 5.69 Å². The van der Waals surface area contributed by atoms with Crippen molar-refractivity contribution in [2.75, 3.05) is 5.32 Å². The van der Waals surface area contributed by atoms with Crippen LogP contribution < -0.4 is 5.32 Å². The van der Waals surface area contributed by atoms with Crippen molar-refractivity contribution < 1.29 is 9.18 Å². The zero-order chi connectivity index (χ0) is 17.3. The van der Waals surface area contributed by atoms with Gasteiger partial charge in [-0.25, -0.2) is 14.1 Å². The maximum Gasteiger partial charge on any atom is 0.261 e. The molecule has 9 heteroatoms. The molecule has 1 aromatic carbocycles. The highest BCUT2D eigenvalue weighted by Gasteiger charge is 2.15. The van der Waals surface area contributed by atoms with Gasteiger partial charge in [-0.2, -0.15) is 5.10 Å². The topological polar surface area (TPSA) is 77.6 Å². The molecule has 24 heavy (non-hydrogen) atoms. The molecule has 0 aliphatic carbocycles. The maximum atomic E-state index is 13.1. The Balaban J connectivity index is 1.71. The molecular formula is C15H14ClFN6O. The molecule has 7 nitrogen and oxygen atoms in total. The fourth-order valence-electron chi connectivity index (χ4n) is 2.14. The van der Waals surface area contributed by atoms with E-state index in [0.29, 0.717) is 22.7 Å². The number of amides is 1. The number of nitrogens with zero attached hydrogens (tertiary/aromatic N) is 5. The summed E-state index contributed by atoms with van der Waals surface area (Å²) >= 11 is 5.99. The lowest BCUT2D eigenvalue weighted by atomic mass is 10.2. The van der Waals surface area contributed by atoms with Gasteiger partial charge in [0.1, 0.15) is 12.1 Å². The monoisotopic (exact) mass is 348 g/mol. The fraction of sp³-hybridized carbons (Fsp3) is 0.200. The van der Waals surface area contributed by atoms with Crippen LogP contribution in [0.1, 0.15) is 21.6 Å². The number of benzene rings is 1. The van der Waals surface area contributed by atoms with Gasteiger partial charge in [0.05, 0.1) is 18.3 Å². The summed E-state index contributed by atoms with van der Waals surface area (Å²) < 4.78 is 16.2. The van der Waals surface area contributed by atoms with Gasteiger partial charge < -0.3 is 0 Å². The lowest BCUT2D eigenvalue weighted by Gasteiger charge is -2.04. The minimum atomic E-state index is -0.401. The molecule has 0 unspecified atom stereocenters. The van der Waals surface area contributed by atoms with Crippen molar-refractivity contribution in [3.8, 4) is 0 Å². The number of hydrogen-bond donors (Lipinski definition) is 1. The van der Waals surface area contributed by atoms with Crippen LogP contribution >= 0.6 is 11.6 Å². The van der Waals surface area contributed by atoms with Crippen LogP contribution in [0.4, 0.5) is 10.3 Å². The number of hydrogen-bond acceptors (Lipinski definition) is 4. The number of nitrogens with one attached hydrogen (secondary N) is 1. The van der Waals surface area contributed by atoms with E-state index in [1.165, 1.54) is 29.3 Å². The lowest BCUT2D eigenvalue weighted by Crippen LogP contribution is -2.14. The summed E-state index contributed by atoms with van der Waals surface area (Å²) in [5, 5.41) is 11.1. The molecule has 1 amide bonds. The molecule has 0 saturated carbocycles. The number of aryl methyl sites for hydroxylation is 1. The first-order valence-electron chi connectivity index (χ1n) is 7.07. The molecule has 1 N–H and O–H groups in total. The first-order chi connectivity index (χ1) is 11.4. The maximum absolute atomic E-state index is 13.1. The van der Waals surface area contributed by atoms with Crippen LogP contribution in [-0.2, 0) is 13.6 Å². The average Bonchev–Trinajstić information content (AvgIpc) is 3.10. The molecule has 3 aromatic rings. The Morgan fingerprint density at radius 3 is 2.88 bits per heavy atom. The van der Waals surface area contributed by atoms with Gasteiger partial charge >= 0.3 is 0 Å². The fourth-order valence-corrected chi connectivity index (χ4v) is 2.37. The highest BCUT2D eigenvalue weighted by atomic mass is 35.5. The van der Waals surface area contributed by atoms with Crippen molar-refractivity contribution in [2.24, 2.45) is 7.05 Å². The molecule has 0 fully saturated rings. The second-order valence-electron chi connectivity index (χ2n) is 5.22. The number of carbonyl (C=O) groups excluding carboxylic acids is 1. The molecule has 0 aliphatic heterocycles. The lowest BCUT2D eigenvalue weighted by molar-refractivity contribution is 0.102. The van der Waals surface area contributed by atoms with E-state index in [1.54, 1.807) is 24.7 Å². The van der Waals surface area contributed by atoms with Crippen LogP contribution in [0.15, 0.2) is 30.7 Å². The number of carbonyl (C=O) groups is 1. The minimum Gasteiger partial charge on any atom is -0.289 e. The number of halogens is 2. The molecule has 3 rings (SSSR count). The van der Waals surface area contributed by atoms with Gasteiger partial charge in [0.2, 0.25) is 5.95 Å². The highest BCUT2D eigenvalue weighted by molar-refractivity contribution is 6.31. The predicted molar refractivity (Wildman–Crippen MR) is 86.4 cm³/mol. The van der Waals surface area contributed by atoms with Crippen molar-refractivity contribution in [1.29, 1.82) is 0 Å². The van der Waals surface area contributed by atoms with Crippen LogP contribution in [-0.4, -0.2) is 30.5 Å². The summed E-state index contributed by atoms with van der Waals surface area (Å²) in [7, 11) is 1.76. The van der Waals surface area contributed by atoms with Crippen molar-refractivity contribution in [1.82, 2.24) is 24.5 Å². The Morgan fingerprint density at radius 1 is 1.42 bits per heavy atom. The molecule has 2 aromatic heterocycles. The van der Waals surface area contributed by atoms with Crippen molar-refractivity contribution >= 4 is 23.5 Å². The molecule has 0 aliphatic rings. The van der Waals surface area contributed by atoms with Gasteiger partial charge in [-0.3, -0.25) is 14.8 Å². The zero-order valence-electron chi connectivity index (χ0n) is 13.0. The van der Waals surface area contributed by atoms with Gasteiger partial charge in [-0.05, 0) is 24.6 Å². The van der Waals surface area contributed by atoms with Crippen LogP contribution in [0, 0.1) is 12.7 Å². The standard InChI is InChI=1S/C15H14ClFN6O/c1-9-12(6-19-22(9)2)14(24)20-15-18-8-23(21-15)7-10-3-4-11(17)5-13(10)16/h3-6,8H,7H2,1-2H3,(H,20,21,24). The third kappa shape index (κ3) is 3.28. The van der Waals surface area contributed by atoms with Gasteiger partial charge in [0.15, 0.2) is 0 Å². The van der Waals surface area contributed by atoms with E-state index in [4.69, 9.17) is 11.6 Å². The Kier molecular flexibility index (Phi) is 4.30. The number of anilines is 1. The van der Waals surface area contributed by atoms with Crippen LogP contribution in [0.2, 0.25) is 5.02 Å². The highest BCUT2D eigenvalue weighted by Crippen LogP contribution is 2.18. The van der Waals surface area contributed by atoms with Crippen molar-refractivity contribution in [2.45, 2.75) is 13.5 Å². The molecule has 124 valence electrons. The Labute approximate surface area is 142 Å². The summed E-state index contributed by atoms with van der Waals surface area (Å²) in [6.07, 6.45) is 2.95. The normalized spacial score (nSPS) is 10.8. The smallest absolute Gasteiger partial charge is 0.261 e. The molecule has 2 heterocycles. The first kappa shape index (κ1) is 16.1. The largest absolute Gasteiger partial charge is 0.289 e. The average molecular weight is 349 g/mol. The Morgan fingerprint density at radius 2 is 2.21 bits per heavy atom. The summed E-state index contributed by atoms with van der Waals surface area (Å²) in [6.45, 7) is 2.11. The van der Waals surface area contributed by atoms with Crippen LogP contribution in [0.25, 0.3) is 0 Å². The van der Waals surface area contributed by atoms with Gasteiger partial charge in [-0.1, -0.05) is 17.7 Å². The van der Waals surface area contributed by atoms with E-state index in [1.807, 2.05) is 0 Å². The minimum absolute atomic E-state index is 0.168. The van der Waals surface area contributed by atoms with Gasteiger partial charge in [-0.15, -0.1) is 5.10 Å². The summed E-state index contributed by atoms with van der Waals surface area (Å²) in [5.41, 5.74) is 1.89. The predicted octanol–water partition coefficient (Wildman–Crippen LogP) is 2.41. The third-order valence-electron chi connectivity index (χ3n) is 3.59. The van der Waals surface area contributed by atoms with Gasteiger partial charge in [0, 0.05) is 17.8 Å². The molecule has 0 atom stereocenters. The summed E-state index contributed by atoms with van der Waals surface area (Å²) in [5.74, 6) is -0.568. The van der Waals surface area contributed by atoms with E-state index >= 15 is 0 Å². The van der Waals surface area contributed by atoms with Crippen LogP contribution in [0.3, 0.4) is 0 Å². The second kappa shape index (κ2) is 6.40. The molecule has 0 radical (unpaired) electrons. The third-order valence-corrected chi connectivity index (χ3v) is 3.94. The second-order valence-corrected chi connectivity index (χ2v) is 5.63. The van der Waals surface area contributed by atoms with E-state index in [2.05, 4.69) is 20.5 Å². The molecule has 0 spiro atoms. The van der Waals surface area contributed by atoms with Gasteiger partial charge in [0.25, 0.3) is 5.91 Å².